The molecule has 0 radical (unpaired) electrons. The van der Waals surface area contributed by atoms with E-state index in [1.807, 2.05) is 0 Å². The highest BCUT2D eigenvalue weighted by molar-refractivity contribution is 5.92. The molecule has 0 aliphatic carbocycles. The number of halogens is 2. The van der Waals surface area contributed by atoms with Crippen LogP contribution in [0.5, 0.6) is 0 Å². The molecule has 0 saturated carbocycles. The number of benzene rings is 2. The Bertz CT molecular complexity index is 816. The third-order valence-corrected chi connectivity index (χ3v) is 4.80. The SMILES string of the molecule is O=C(C=Cc1ccc(F)cc1)NCCCCCCCCNC(=O)C=Cc1ccc(F)cc1. The van der Waals surface area contributed by atoms with Gasteiger partial charge in [-0.25, -0.2) is 8.78 Å². The molecular formula is C26H30F2N2O2. The molecule has 2 N–H and O–H groups in total. The summed E-state index contributed by atoms with van der Waals surface area (Å²) in [5.74, 6) is -0.906. The van der Waals surface area contributed by atoms with Crippen LogP contribution in [0.2, 0.25) is 0 Å². The van der Waals surface area contributed by atoms with Crippen LogP contribution in [0.15, 0.2) is 60.7 Å². The quantitative estimate of drug-likeness (QED) is 0.330. The molecule has 170 valence electrons. The molecule has 0 saturated heterocycles. The minimum Gasteiger partial charge on any atom is -0.353 e. The molecule has 32 heavy (non-hydrogen) atoms. The summed E-state index contributed by atoms with van der Waals surface area (Å²) in [6, 6.07) is 11.9. The summed E-state index contributed by atoms with van der Waals surface area (Å²) < 4.78 is 25.7. The van der Waals surface area contributed by atoms with Crippen LogP contribution in [-0.2, 0) is 9.59 Å². The lowest BCUT2D eigenvalue weighted by molar-refractivity contribution is -0.117. The van der Waals surface area contributed by atoms with Gasteiger partial charge in [0.15, 0.2) is 0 Å². The third kappa shape index (κ3) is 11.2. The third-order valence-electron chi connectivity index (χ3n) is 4.80. The van der Waals surface area contributed by atoms with Crippen LogP contribution in [0.3, 0.4) is 0 Å². The summed E-state index contributed by atoms with van der Waals surface area (Å²) in [4.78, 5) is 23.5. The zero-order valence-electron chi connectivity index (χ0n) is 18.2. The molecule has 6 heteroatoms. The van der Waals surface area contributed by atoms with Crippen molar-refractivity contribution in [3.8, 4) is 0 Å². The van der Waals surface area contributed by atoms with Crippen LogP contribution in [0.1, 0.15) is 49.7 Å². The van der Waals surface area contributed by atoms with Gasteiger partial charge in [0.2, 0.25) is 11.8 Å². The number of carbonyl (C=O) groups excluding carboxylic acids is 2. The maximum Gasteiger partial charge on any atom is 0.243 e. The Kier molecular flexibility index (Phi) is 11.5. The lowest BCUT2D eigenvalue weighted by Crippen LogP contribution is -2.22. The highest BCUT2D eigenvalue weighted by Crippen LogP contribution is 2.06. The molecule has 0 aliphatic heterocycles. The van der Waals surface area contributed by atoms with E-state index in [1.54, 1.807) is 36.4 Å². The number of hydrogen-bond acceptors (Lipinski definition) is 2. The normalized spacial score (nSPS) is 11.2. The highest BCUT2D eigenvalue weighted by atomic mass is 19.1. The van der Waals surface area contributed by atoms with Gasteiger partial charge in [-0.3, -0.25) is 9.59 Å². The van der Waals surface area contributed by atoms with Gasteiger partial charge in [0.05, 0.1) is 0 Å². The van der Waals surface area contributed by atoms with Crippen LogP contribution in [0.25, 0.3) is 12.2 Å². The summed E-state index contributed by atoms with van der Waals surface area (Å²) in [5, 5.41) is 5.68. The van der Waals surface area contributed by atoms with Gasteiger partial charge in [0.25, 0.3) is 0 Å². The van der Waals surface area contributed by atoms with Crippen molar-refractivity contribution in [1.29, 1.82) is 0 Å². The Morgan fingerprint density at radius 3 is 1.31 bits per heavy atom. The van der Waals surface area contributed by atoms with E-state index in [1.165, 1.54) is 36.4 Å². The van der Waals surface area contributed by atoms with Crippen LogP contribution >= 0.6 is 0 Å². The van der Waals surface area contributed by atoms with Gasteiger partial charge in [-0.1, -0.05) is 49.9 Å². The summed E-state index contributed by atoms with van der Waals surface area (Å²) in [7, 11) is 0. The number of carbonyl (C=O) groups is 2. The first-order valence-electron chi connectivity index (χ1n) is 11.0. The fourth-order valence-electron chi connectivity index (χ4n) is 2.99. The summed E-state index contributed by atoms with van der Waals surface area (Å²) in [5.41, 5.74) is 1.56. The maximum atomic E-state index is 12.8. The van der Waals surface area contributed by atoms with E-state index in [4.69, 9.17) is 0 Å². The predicted molar refractivity (Wildman–Crippen MR) is 125 cm³/mol. The number of amides is 2. The second-order valence-electron chi connectivity index (χ2n) is 7.47. The molecule has 0 aromatic heterocycles. The van der Waals surface area contributed by atoms with Gasteiger partial charge < -0.3 is 10.6 Å². The monoisotopic (exact) mass is 440 g/mol. The topological polar surface area (TPSA) is 58.2 Å². The van der Waals surface area contributed by atoms with E-state index in [2.05, 4.69) is 10.6 Å². The molecule has 2 amide bonds. The van der Waals surface area contributed by atoms with Gasteiger partial charge in [-0.2, -0.15) is 0 Å². The zero-order valence-corrected chi connectivity index (χ0v) is 18.2. The molecule has 0 heterocycles. The lowest BCUT2D eigenvalue weighted by atomic mass is 10.1. The summed E-state index contributed by atoms with van der Waals surface area (Å²) in [6.45, 7) is 1.26. The van der Waals surface area contributed by atoms with Crippen LogP contribution in [0.4, 0.5) is 8.78 Å². The minimum absolute atomic E-state index is 0.154. The van der Waals surface area contributed by atoms with Crippen molar-refractivity contribution >= 4 is 24.0 Å². The molecule has 0 bridgehead atoms. The van der Waals surface area contributed by atoms with Crippen LogP contribution < -0.4 is 10.6 Å². The minimum atomic E-state index is -0.299. The molecule has 0 atom stereocenters. The Morgan fingerprint density at radius 1 is 0.594 bits per heavy atom. The average molecular weight is 441 g/mol. The van der Waals surface area contributed by atoms with Gasteiger partial charge in [0, 0.05) is 25.2 Å². The number of rotatable bonds is 13. The summed E-state index contributed by atoms with van der Waals surface area (Å²) >= 11 is 0. The van der Waals surface area contributed by atoms with Crippen molar-refractivity contribution in [3.05, 3.63) is 83.4 Å². The number of unbranched alkanes of at least 4 members (excludes halogenated alkanes) is 5. The Hall–Kier alpha value is -3.28. The Labute approximate surface area is 188 Å². The van der Waals surface area contributed by atoms with Crippen molar-refractivity contribution in [2.45, 2.75) is 38.5 Å². The van der Waals surface area contributed by atoms with Gasteiger partial charge in [-0.15, -0.1) is 0 Å². The van der Waals surface area contributed by atoms with E-state index in [0.717, 1.165) is 49.7 Å². The molecule has 2 aromatic rings. The molecule has 2 rings (SSSR count). The van der Waals surface area contributed by atoms with E-state index >= 15 is 0 Å². The zero-order chi connectivity index (χ0) is 23.0. The van der Waals surface area contributed by atoms with E-state index < -0.39 is 0 Å². The standard InChI is InChI=1S/C26H30F2N2O2/c27-23-13-7-21(8-14-23)11-17-25(31)29-19-5-3-1-2-4-6-20-30-26(32)18-12-22-9-15-24(28)16-10-22/h7-18H,1-6,19-20H2,(H,29,31)(H,30,32). The fraction of sp³-hybridized carbons (Fsp3) is 0.308. The van der Waals surface area contributed by atoms with Crippen molar-refractivity contribution in [3.63, 3.8) is 0 Å². The smallest absolute Gasteiger partial charge is 0.243 e. The van der Waals surface area contributed by atoms with Crippen molar-refractivity contribution < 1.29 is 18.4 Å². The van der Waals surface area contributed by atoms with Gasteiger partial charge in [-0.05, 0) is 60.4 Å². The van der Waals surface area contributed by atoms with Crippen molar-refractivity contribution in [2.24, 2.45) is 0 Å². The molecule has 2 aromatic carbocycles. The fourth-order valence-corrected chi connectivity index (χ4v) is 2.99. The average Bonchev–Trinajstić information content (AvgIpc) is 2.79. The first-order chi connectivity index (χ1) is 15.5. The Balaban J connectivity index is 1.42. The molecule has 4 nitrogen and oxygen atoms in total. The number of hydrogen-bond donors (Lipinski definition) is 2. The largest absolute Gasteiger partial charge is 0.353 e. The first kappa shape index (κ1) is 25.0. The molecule has 0 spiro atoms. The Morgan fingerprint density at radius 2 is 0.938 bits per heavy atom. The maximum absolute atomic E-state index is 12.8. The molecular weight excluding hydrogens is 410 g/mol. The van der Waals surface area contributed by atoms with Gasteiger partial charge >= 0.3 is 0 Å². The lowest BCUT2D eigenvalue weighted by Gasteiger charge is -2.04. The van der Waals surface area contributed by atoms with E-state index in [9.17, 15) is 18.4 Å². The van der Waals surface area contributed by atoms with Gasteiger partial charge in [0.1, 0.15) is 11.6 Å². The van der Waals surface area contributed by atoms with Crippen LogP contribution in [-0.4, -0.2) is 24.9 Å². The van der Waals surface area contributed by atoms with E-state index in [0.29, 0.717) is 13.1 Å². The highest BCUT2D eigenvalue weighted by Gasteiger charge is 1.98. The van der Waals surface area contributed by atoms with E-state index in [-0.39, 0.29) is 23.4 Å². The molecule has 0 aliphatic rings. The van der Waals surface area contributed by atoms with Crippen molar-refractivity contribution in [2.75, 3.05) is 13.1 Å². The van der Waals surface area contributed by atoms with Crippen LogP contribution in [0, 0.1) is 11.6 Å². The molecule has 0 unspecified atom stereocenters. The second kappa shape index (κ2) is 14.7. The summed E-state index contributed by atoms with van der Waals surface area (Å²) in [6.07, 6.45) is 12.3. The number of nitrogens with one attached hydrogen (secondary N) is 2. The van der Waals surface area contributed by atoms with Crippen molar-refractivity contribution in [1.82, 2.24) is 10.6 Å². The molecule has 0 fully saturated rings. The second-order valence-corrected chi connectivity index (χ2v) is 7.47. The predicted octanol–water partition coefficient (Wildman–Crippen LogP) is 5.26. The first-order valence-corrected chi connectivity index (χ1v) is 11.0.